The first-order valence-corrected chi connectivity index (χ1v) is 10.2. The molecule has 0 N–H and O–H groups in total. The first kappa shape index (κ1) is 19.7. The average molecular weight is 428 g/mol. The highest BCUT2D eigenvalue weighted by molar-refractivity contribution is 6.01. The molecule has 32 heavy (non-hydrogen) atoms. The van der Waals surface area contributed by atoms with Gasteiger partial charge in [0.1, 0.15) is 11.2 Å². The highest BCUT2D eigenvalue weighted by Crippen LogP contribution is 2.35. The summed E-state index contributed by atoms with van der Waals surface area (Å²) in [5.41, 5.74) is 4.23. The van der Waals surface area contributed by atoms with Crippen LogP contribution in [-0.4, -0.2) is 37.5 Å². The Kier molecular flexibility index (Phi) is 4.62. The zero-order chi connectivity index (χ0) is 22.4. The van der Waals surface area contributed by atoms with Crippen LogP contribution in [0.25, 0.3) is 33.4 Å². The van der Waals surface area contributed by atoms with Gasteiger partial charge in [0.25, 0.3) is 0 Å². The third-order valence-corrected chi connectivity index (χ3v) is 5.23. The van der Waals surface area contributed by atoms with E-state index in [9.17, 15) is 9.59 Å². The van der Waals surface area contributed by atoms with Crippen molar-refractivity contribution in [3.63, 3.8) is 0 Å². The van der Waals surface area contributed by atoms with Crippen LogP contribution in [-0.2, 0) is 9.53 Å². The van der Waals surface area contributed by atoms with E-state index in [0.29, 0.717) is 34.6 Å². The SMILES string of the molecule is CCOC(=O)c1ccc(-n2cc(OC(C)=O)c3c2nc(C)n2c4ccccc4nc32)cc1. The molecular weight excluding hydrogens is 408 g/mol. The third kappa shape index (κ3) is 3.08. The molecule has 0 radical (unpaired) electrons. The van der Waals surface area contributed by atoms with Crippen molar-refractivity contribution in [1.82, 2.24) is 18.9 Å². The molecule has 0 saturated carbocycles. The van der Waals surface area contributed by atoms with Gasteiger partial charge in [-0.2, -0.15) is 0 Å². The van der Waals surface area contributed by atoms with Gasteiger partial charge >= 0.3 is 11.9 Å². The maximum absolute atomic E-state index is 12.0. The predicted molar refractivity (Wildman–Crippen MR) is 119 cm³/mol. The lowest BCUT2D eigenvalue weighted by Gasteiger charge is -2.08. The minimum atomic E-state index is -0.434. The Labute approximate surface area is 183 Å². The Bertz CT molecular complexity index is 1510. The van der Waals surface area contributed by atoms with Crippen LogP contribution in [0.2, 0.25) is 0 Å². The Morgan fingerprint density at radius 3 is 2.47 bits per heavy atom. The number of aromatic nitrogens is 4. The van der Waals surface area contributed by atoms with Crippen molar-refractivity contribution in [1.29, 1.82) is 0 Å². The number of ether oxygens (including phenoxy) is 2. The van der Waals surface area contributed by atoms with Crippen molar-refractivity contribution < 1.29 is 19.1 Å². The van der Waals surface area contributed by atoms with E-state index in [1.807, 2.05) is 40.2 Å². The van der Waals surface area contributed by atoms with Crippen LogP contribution in [0.3, 0.4) is 0 Å². The predicted octanol–water partition coefficient (Wildman–Crippen LogP) is 4.24. The summed E-state index contributed by atoms with van der Waals surface area (Å²) in [6.45, 7) is 5.35. The number of fused-ring (bicyclic) bond motifs is 5. The summed E-state index contributed by atoms with van der Waals surface area (Å²) in [4.78, 5) is 33.4. The smallest absolute Gasteiger partial charge is 0.338 e. The standard InChI is InChI=1S/C24H20N4O4/c1-4-31-24(30)16-9-11-17(12-10-16)27-13-20(32-15(3)29)21-22(27)25-14(2)28-19-8-6-5-7-18(19)26-23(21)28/h5-13H,4H2,1-3H3. The number of rotatable bonds is 4. The van der Waals surface area contributed by atoms with Crippen molar-refractivity contribution in [3.8, 4) is 11.4 Å². The third-order valence-electron chi connectivity index (χ3n) is 5.23. The molecule has 8 heteroatoms. The second-order valence-electron chi connectivity index (χ2n) is 7.34. The van der Waals surface area contributed by atoms with Crippen LogP contribution < -0.4 is 4.74 Å². The largest absolute Gasteiger partial charge is 0.462 e. The lowest BCUT2D eigenvalue weighted by molar-refractivity contribution is -0.131. The van der Waals surface area contributed by atoms with E-state index >= 15 is 0 Å². The van der Waals surface area contributed by atoms with Gasteiger partial charge in [-0.25, -0.2) is 14.8 Å². The van der Waals surface area contributed by atoms with E-state index in [2.05, 4.69) is 0 Å². The van der Waals surface area contributed by atoms with Crippen molar-refractivity contribution >= 4 is 39.7 Å². The van der Waals surface area contributed by atoms with Crippen LogP contribution >= 0.6 is 0 Å². The summed E-state index contributed by atoms with van der Waals surface area (Å²) in [6.07, 6.45) is 1.72. The van der Waals surface area contributed by atoms with Crippen molar-refractivity contribution in [2.45, 2.75) is 20.8 Å². The van der Waals surface area contributed by atoms with Crippen LogP contribution in [0.15, 0.2) is 54.7 Å². The molecular formula is C24H20N4O4. The molecule has 0 atom stereocenters. The Morgan fingerprint density at radius 2 is 1.75 bits per heavy atom. The fourth-order valence-corrected chi connectivity index (χ4v) is 3.92. The van der Waals surface area contributed by atoms with E-state index in [0.717, 1.165) is 22.5 Å². The molecule has 5 aromatic rings. The molecule has 5 rings (SSSR count). The summed E-state index contributed by atoms with van der Waals surface area (Å²) in [5.74, 6) is 0.307. The first-order chi connectivity index (χ1) is 15.5. The van der Waals surface area contributed by atoms with E-state index in [-0.39, 0.29) is 5.97 Å². The van der Waals surface area contributed by atoms with Crippen molar-refractivity contribution in [3.05, 3.63) is 66.1 Å². The summed E-state index contributed by atoms with van der Waals surface area (Å²) in [5, 5.41) is 0.636. The molecule has 3 aromatic heterocycles. The summed E-state index contributed by atoms with van der Waals surface area (Å²) in [6, 6.07) is 14.8. The molecule has 0 spiro atoms. The highest BCUT2D eigenvalue weighted by atomic mass is 16.5. The fourth-order valence-electron chi connectivity index (χ4n) is 3.92. The highest BCUT2D eigenvalue weighted by Gasteiger charge is 2.21. The lowest BCUT2D eigenvalue weighted by Crippen LogP contribution is -2.05. The number of nitrogens with zero attached hydrogens (tertiary/aromatic N) is 4. The fraction of sp³-hybridized carbons (Fsp3) is 0.167. The molecule has 0 fully saturated rings. The van der Waals surface area contributed by atoms with Gasteiger partial charge in [0.2, 0.25) is 0 Å². The van der Waals surface area contributed by atoms with Gasteiger partial charge in [-0.15, -0.1) is 0 Å². The minimum absolute atomic E-state index is 0.312. The van der Waals surface area contributed by atoms with Gasteiger partial charge in [-0.1, -0.05) is 12.1 Å². The van der Waals surface area contributed by atoms with E-state index in [1.165, 1.54) is 6.92 Å². The number of carbonyl (C=O) groups excluding carboxylic acids is 2. The van der Waals surface area contributed by atoms with Gasteiger partial charge in [0.05, 0.1) is 29.4 Å². The van der Waals surface area contributed by atoms with Gasteiger partial charge in [0.15, 0.2) is 17.0 Å². The Hall–Kier alpha value is -4.20. The second-order valence-corrected chi connectivity index (χ2v) is 7.34. The summed E-state index contributed by atoms with van der Waals surface area (Å²) < 4.78 is 14.4. The molecule has 3 heterocycles. The maximum atomic E-state index is 12.0. The minimum Gasteiger partial charge on any atom is -0.462 e. The molecule has 0 saturated heterocycles. The zero-order valence-corrected chi connectivity index (χ0v) is 17.8. The molecule has 0 aliphatic rings. The monoisotopic (exact) mass is 428 g/mol. The second kappa shape index (κ2) is 7.49. The number of para-hydroxylation sites is 2. The molecule has 2 aromatic carbocycles. The van der Waals surface area contributed by atoms with E-state index in [1.54, 1.807) is 37.4 Å². The molecule has 0 aliphatic heterocycles. The van der Waals surface area contributed by atoms with Crippen molar-refractivity contribution in [2.75, 3.05) is 6.61 Å². The molecule has 0 unspecified atom stereocenters. The number of benzene rings is 2. The van der Waals surface area contributed by atoms with E-state index in [4.69, 9.17) is 19.4 Å². The van der Waals surface area contributed by atoms with Crippen LogP contribution in [0.5, 0.6) is 5.75 Å². The number of hydrogen-bond donors (Lipinski definition) is 0. The van der Waals surface area contributed by atoms with Crippen LogP contribution in [0, 0.1) is 6.92 Å². The average Bonchev–Trinajstić information content (AvgIpc) is 3.32. The molecule has 0 amide bonds. The summed E-state index contributed by atoms with van der Waals surface area (Å²) in [7, 11) is 0. The number of aryl methyl sites for hydroxylation is 1. The van der Waals surface area contributed by atoms with Gasteiger partial charge in [-0.05, 0) is 50.2 Å². The lowest BCUT2D eigenvalue weighted by atomic mass is 10.2. The van der Waals surface area contributed by atoms with Crippen LogP contribution in [0.1, 0.15) is 30.0 Å². The van der Waals surface area contributed by atoms with Crippen molar-refractivity contribution in [2.24, 2.45) is 0 Å². The molecule has 0 aliphatic carbocycles. The van der Waals surface area contributed by atoms with Gasteiger partial charge in [-0.3, -0.25) is 13.8 Å². The van der Waals surface area contributed by atoms with Gasteiger partial charge < -0.3 is 9.47 Å². The summed E-state index contributed by atoms with van der Waals surface area (Å²) >= 11 is 0. The quantitative estimate of drug-likeness (QED) is 0.398. The number of carbonyl (C=O) groups is 2. The number of imidazole rings is 1. The first-order valence-electron chi connectivity index (χ1n) is 10.2. The zero-order valence-electron chi connectivity index (χ0n) is 17.8. The van der Waals surface area contributed by atoms with Crippen LogP contribution in [0.4, 0.5) is 0 Å². The molecule has 8 nitrogen and oxygen atoms in total. The van der Waals surface area contributed by atoms with E-state index < -0.39 is 5.97 Å². The molecule has 160 valence electrons. The Morgan fingerprint density at radius 1 is 1.00 bits per heavy atom. The maximum Gasteiger partial charge on any atom is 0.338 e. The number of hydrogen-bond acceptors (Lipinski definition) is 6. The number of esters is 2. The molecule has 0 bridgehead atoms. The topological polar surface area (TPSA) is 87.7 Å². The van der Waals surface area contributed by atoms with Gasteiger partial charge in [0, 0.05) is 12.6 Å². The normalized spacial score (nSPS) is 11.3. The Balaban J connectivity index is 1.77.